The van der Waals surface area contributed by atoms with Crippen LogP contribution >= 0.6 is 15.9 Å². The van der Waals surface area contributed by atoms with Crippen LogP contribution in [0.2, 0.25) is 0 Å². The third-order valence-corrected chi connectivity index (χ3v) is 2.26. The molecule has 1 aromatic carbocycles. The number of benzene rings is 1. The summed E-state index contributed by atoms with van der Waals surface area (Å²) in [5.74, 6) is 0.530. The number of nitrogen functional groups attached to an aromatic ring is 1. The van der Waals surface area contributed by atoms with Crippen LogP contribution in [-0.4, -0.2) is 9.55 Å². The molecule has 0 saturated carbocycles. The van der Waals surface area contributed by atoms with Crippen molar-refractivity contribution in [3.05, 3.63) is 41.3 Å². The highest BCUT2D eigenvalue weighted by molar-refractivity contribution is 9.10. The molecule has 3 nitrogen and oxygen atoms in total. The summed E-state index contributed by atoms with van der Waals surface area (Å²) in [6.45, 7) is 0. The van der Waals surface area contributed by atoms with Gasteiger partial charge in [-0.25, -0.2) is 4.98 Å². The van der Waals surface area contributed by atoms with Crippen molar-refractivity contribution in [2.24, 2.45) is 0 Å². The van der Waals surface area contributed by atoms with Crippen molar-refractivity contribution in [2.45, 2.75) is 0 Å². The molecule has 0 aliphatic carbocycles. The van der Waals surface area contributed by atoms with Crippen LogP contribution in [0.1, 0.15) is 0 Å². The molecule has 0 unspecified atom stereocenters. The van der Waals surface area contributed by atoms with Crippen molar-refractivity contribution in [3.63, 3.8) is 0 Å². The van der Waals surface area contributed by atoms with Gasteiger partial charge in [0.25, 0.3) is 0 Å². The van der Waals surface area contributed by atoms with E-state index >= 15 is 0 Å². The Bertz CT molecular complexity index is 405. The van der Waals surface area contributed by atoms with Gasteiger partial charge in [0.1, 0.15) is 12.1 Å². The number of nitrogens with two attached hydrogens (primary N) is 1. The lowest BCUT2D eigenvalue weighted by atomic mass is 10.3. The van der Waals surface area contributed by atoms with Crippen molar-refractivity contribution in [3.8, 4) is 5.69 Å². The van der Waals surface area contributed by atoms with Gasteiger partial charge in [-0.3, -0.25) is 0 Å². The van der Waals surface area contributed by atoms with Crippen LogP contribution in [0.4, 0.5) is 5.82 Å². The third kappa shape index (κ3) is 1.72. The summed E-state index contributed by atoms with van der Waals surface area (Å²) in [6.07, 6.45) is 3.47. The van der Waals surface area contributed by atoms with E-state index in [2.05, 4.69) is 20.9 Å². The highest BCUT2D eigenvalue weighted by Gasteiger charge is 1.96. The molecule has 1 heterocycles. The van der Waals surface area contributed by atoms with Gasteiger partial charge in [0.15, 0.2) is 0 Å². The number of nitrogens with zero attached hydrogens (tertiary/aromatic N) is 2. The SMILES string of the molecule is Nc1cn(-c2ccc(Br)cc2)cn1. The van der Waals surface area contributed by atoms with Crippen LogP contribution in [0.5, 0.6) is 0 Å². The second-order valence-corrected chi connectivity index (χ2v) is 3.60. The van der Waals surface area contributed by atoms with E-state index in [1.54, 1.807) is 12.5 Å². The molecule has 0 aliphatic heterocycles. The van der Waals surface area contributed by atoms with Gasteiger partial charge in [0.05, 0.1) is 6.20 Å². The molecule has 0 amide bonds. The molecule has 1 aromatic heterocycles. The largest absolute Gasteiger partial charge is 0.382 e. The third-order valence-electron chi connectivity index (χ3n) is 1.73. The van der Waals surface area contributed by atoms with E-state index < -0.39 is 0 Å². The first-order valence-corrected chi connectivity index (χ1v) is 4.60. The Morgan fingerprint density at radius 1 is 1.23 bits per heavy atom. The number of halogens is 1. The fraction of sp³-hybridized carbons (Fsp3) is 0. The van der Waals surface area contributed by atoms with Crippen molar-refractivity contribution >= 4 is 21.7 Å². The van der Waals surface area contributed by atoms with Gasteiger partial charge in [-0.15, -0.1) is 0 Å². The summed E-state index contributed by atoms with van der Waals surface area (Å²) in [4.78, 5) is 3.94. The van der Waals surface area contributed by atoms with Crippen LogP contribution in [0.3, 0.4) is 0 Å². The minimum atomic E-state index is 0.530. The quantitative estimate of drug-likeness (QED) is 0.827. The van der Waals surface area contributed by atoms with Crippen molar-refractivity contribution in [1.82, 2.24) is 9.55 Å². The van der Waals surface area contributed by atoms with E-state index in [9.17, 15) is 0 Å². The van der Waals surface area contributed by atoms with Crippen molar-refractivity contribution in [2.75, 3.05) is 5.73 Å². The Morgan fingerprint density at radius 2 is 1.92 bits per heavy atom. The van der Waals surface area contributed by atoms with Crippen LogP contribution in [0.15, 0.2) is 41.3 Å². The first-order chi connectivity index (χ1) is 6.25. The molecule has 0 aliphatic rings. The van der Waals surface area contributed by atoms with Crippen LogP contribution in [0, 0.1) is 0 Å². The van der Waals surface area contributed by atoms with Crippen molar-refractivity contribution < 1.29 is 0 Å². The smallest absolute Gasteiger partial charge is 0.141 e. The molecule has 66 valence electrons. The van der Waals surface area contributed by atoms with Gasteiger partial charge < -0.3 is 10.3 Å². The monoisotopic (exact) mass is 237 g/mol. The van der Waals surface area contributed by atoms with Gasteiger partial charge >= 0.3 is 0 Å². The topological polar surface area (TPSA) is 43.8 Å². The van der Waals surface area contributed by atoms with Gasteiger partial charge in [-0.05, 0) is 24.3 Å². The number of hydrogen-bond donors (Lipinski definition) is 1. The lowest BCUT2D eigenvalue weighted by molar-refractivity contribution is 1.06. The molecule has 0 saturated heterocycles. The Hall–Kier alpha value is -1.29. The first-order valence-electron chi connectivity index (χ1n) is 3.81. The molecule has 0 radical (unpaired) electrons. The summed E-state index contributed by atoms with van der Waals surface area (Å²) in [6, 6.07) is 7.94. The first kappa shape index (κ1) is 8.31. The predicted molar refractivity (Wildman–Crippen MR) is 55.7 cm³/mol. The van der Waals surface area contributed by atoms with Crippen LogP contribution < -0.4 is 5.73 Å². The zero-order valence-electron chi connectivity index (χ0n) is 6.81. The Morgan fingerprint density at radius 3 is 2.46 bits per heavy atom. The lowest BCUT2D eigenvalue weighted by Gasteiger charge is -2.00. The van der Waals surface area contributed by atoms with Crippen LogP contribution in [0.25, 0.3) is 5.69 Å². The minimum Gasteiger partial charge on any atom is -0.382 e. The lowest BCUT2D eigenvalue weighted by Crippen LogP contribution is -1.88. The normalized spacial score (nSPS) is 10.2. The highest BCUT2D eigenvalue weighted by Crippen LogP contribution is 2.14. The maximum Gasteiger partial charge on any atom is 0.141 e. The predicted octanol–water partition coefficient (Wildman–Crippen LogP) is 2.22. The minimum absolute atomic E-state index is 0.530. The Kier molecular flexibility index (Phi) is 2.06. The maximum absolute atomic E-state index is 5.50. The second kappa shape index (κ2) is 3.22. The molecule has 13 heavy (non-hydrogen) atoms. The zero-order chi connectivity index (χ0) is 9.26. The molecular weight excluding hydrogens is 230 g/mol. The zero-order valence-corrected chi connectivity index (χ0v) is 8.40. The number of aromatic nitrogens is 2. The average Bonchev–Trinajstić information content (AvgIpc) is 2.53. The van der Waals surface area contributed by atoms with Crippen molar-refractivity contribution in [1.29, 1.82) is 0 Å². The van der Waals surface area contributed by atoms with Gasteiger partial charge in [0.2, 0.25) is 0 Å². The standard InChI is InChI=1S/C9H8BrN3/c10-7-1-3-8(4-2-7)13-5-9(11)12-6-13/h1-6H,11H2. The molecule has 0 bridgehead atoms. The van der Waals surface area contributed by atoms with Gasteiger partial charge in [-0.1, -0.05) is 15.9 Å². The molecular formula is C9H8BrN3. The highest BCUT2D eigenvalue weighted by atomic mass is 79.9. The summed E-state index contributed by atoms with van der Waals surface area (Å²) in [5, 5.41) is 0. The summed E-state index contributed by atoms with van der Waals surface area (Å²) < 4.78 is 2.94. The second-order valence-electron chi connectivity index (χ2n) is 2.68. The number of hydrogen-bond acceptors (Lipinski definition) is 2. The molecule has 0 fully saturated rings. The van der Waals surface area contributed by atoms with Crippen LogP contribution in [-0.2, 0) is 0 Å². The summed E-state index contributed by atoms with van der Waals surface area (Å²) >= 11 is 3.37. The fourth-order valence-corrected chi connectivity index (χ4v) is 1.36. The Labute approximate surface area is 84.3 Å². The molecule has 0 atom stereocenters. The van der Waals surface area contributed by atoms with Gasteiger partial charge in [-0.2, -0.15) is 0 Å². The number of rotatable bonds is 1. The van der Waals surface area contributed by atoms with E-state index in [1.807, 2.05) is 28.8 Å². The van der Waals surface area contributed by atoms with E-state index in [1.165, 1.54) is 0 Å². The maximum atomic E-state index is 5.50. The molecule has 2 aromatic rings. The molecule has 2 N–H and O–H groups in total. The molecule has 4 heteroatoms. The Balaban J connectivity index is 2.41. The summed E-state index contributed by atoms with van der Waals surface area (Å²) in [7, 11) is 0. The van der Waals surface area contributed by atoms with E-state index in [-0.39, 0.29) is 0 Å². The molecule has 2 rings (SSSR count). The average molecular weight is 238 g/mol. The number of anilines is 1. The van der Waals surface area contributed by atoms with Gasteiger partial charge in [0, 0.05) is 10.2 Å². The summed E-state index contributed by atoms with van der Waals surface area (Å²) in [5.41, 5.74) is 6.55. The molecule has 0 spiro atoms. The van der Waals surface area contributed by atoms with E-state index in [0.29, 0.717) is 5.82 Å². The fourth-order valence-electron chi connectivity index (χ4n) is 1.09. The number of imidazole rings is 1. The van der Waals surface area contributed by atoms with E-state index in [4.69, 9.17) is 5.73 Å². The van der Waals surface area contributed by atoms with E-state index in [0.717, 1.165) is 10.2 Å².